The lowest BCUT2D eigenvalue weighted by atomic mass is 10.1. The minimum Gasteiger partial charge on any atom is -0.440 e. The Morgan fingerprint density at radius 3 is 2.65 bits per heavy atom. The summed E-state index contributed by atoms with van der Waals surface area (Å²) in [4.78, 5) is 6.35. The molecule has 26 heavy (non-hydrogen) atoms. The minimum atomic E-state index is -4.48. The van der Waals surface area contributed by atoms with Crippen LogP contribution in [0.15, 0.2) is 16.5 Å². The van der Waals surface area contributed by atoms with Crippen LogP contribution in [0, 0.1) is 0 Å². The zero-order chi connectivity index (χ0) is 19.1. The molecule has 0 N–H and O–H groups in total. The number of ether oxygens (including phenoxy) is 1. The number of aromatic nitrogens is 1. The molecule has 1 heterocycles. The van der Waals surface area contributed by atoms with Gasteiger partial charge in [0.2, 0.25) is 0 Å². The van der Waals surface area contributed by atoms with Gasteiger partial charge in [0.05, 0.1) is 6.10 Å². The van der Waals surface area contributed by atoms with Gasteiger partial charge >= 0.3 is 6.18 Å². The maximum absolute atomic E-state index is 13.5. The second-order valence-electron chi connectivity index (χ2n) is 7.38. The normalized spacial score (nSPS) is 21.4. The fourth-order valence-corrected chi connectivity index (χ4v) is 3.75. The van der Waals surface area contributed by atoms with Crippen LogP contribution in [0.3, 0.4) is 0 Å². The van der Waals surface area contributed by atoms with Gasteiger partial charge in [0, 0.05) is 25.6 Å². The Kier molecular flexibility index (Phi) is 5.30. The lowest BCUT2D eigenvalue weighted by Gasteiger charge is -2.29. The Labute approximate surface area is 151 Å². The van der Waals surface area contributed by atoms with Crippen LogP contribution in [0.2, 0.25) is 0 Å². The van der Waals surface area contributed by atoms with Gasteiger partial charge in [-0.25, -0.2) is 4.98 Å². The van der Waals surface area contributed by atoms with E-state index in [4.69, 9.17) is 9.15 Å². The molecule has 0 saturated heterocycles. The van der Waals surface area contributed by atoms with Gasteiger partial charge in [0.15, 0.2) is 11.5 Å². The fraction of sp³-hybridized carbons (Fsp3) is 0.632. The Balaban J connectivity index is 1.95. The average Bonchev–Trinajstić information content (AvgIpc) is 3.19. The third-order valence-corrected chi connectivity index (χ3v) is 5.08. The molecule has 0 aliphatic heterocycles. The molecule has 144 valence electrons. The number of benzene rings is 1. The molecule has 0 unspecified atom stereocenters. The van der Waals surface area contributed by atoms with E-state index < -0.39 is 11.7 Å². The number of rotatable bonds is 5. The van der Waals surface area contributed by atoms with Gasteiger partial charge in [-0.15, -0.1) is 0 Å². The first kappa shape index (κ1) is 19.2. The average molecular weight is 370 g/mol. The highest BCUT2D eigenvalue weighted by molar-refractivity contribution is 5.78. The molecular formula is C19H25F3N2O2. The number of oxazole rings is 1. The second kappa shape index (κ2) is 7.19. The molecule has 1 fully saturated rings. The molecule has 1 aromatic heterocycles. The van der Waals surface area contributed by atoms with Gasteiger partial charge < -0.3 is 9.15 Å². The molecule has 1 aliphatic rings. The number of alkyl halides is 3. The maximum atomic E-state index is 13.5. The van der Waals surface area contributed by atoms with Crippen LogP contribution >= 0.6 is 0 Å². The second-order valence-corrected chi connectivity index (χ2v) is 7.38. The van der Waals surface area contributed by atoms with E-state index in [1.807, 2.05) is 20.9 Å². The van der Waals surface area contributed by atoms with E-state index in [0.717, 1.165) is 19.3 Å². The van der Waals surface area contributed by atoms with Crippen molar-refractivity contribution in [1.29, 1.82) is 0 Å². The smallest absolute Gasteiger partial charge is 0.420 e. The van der Waals surface area contributed by atoms with Gasteiger partial charge in [0.1, 0.15) is 11.1 Å². The molecule has 7 heteroatoms. The number of methoxy groups -OCH3 is 1. The van der Waals surface area contributed by atoms with Crippen molar-refractivity contribution in [2.24, 2.45) is 0 Å². The van der Waals surface area contributed by atoms with Crippen molar-refractivity contribution in [2.75, 3.05) is 14.2 Å². The summed E-state index contributed by atoms with van der Waals surface area (Å²) in [6.07, 6.45) is -1.31. The molecule has 0 radical (unpaired) electrons. The van der Waals surface area contributed by atoms with Crippen LogP contribution in [0.5, 0.6) is 0 Å². The highest BCUT2D eigenvalue weighted by atomic mass is 19.4. The first-order valence-corrected chi connectivity index (χ1v) is 8.94. The third-order valence-electron chi connectivity index (χ3n) is 5.08. The van der Waals surface area contributed by atoms with Gasteiger partial charge in [-0.05, 0) is 44.0 Å². The predicted molar refractivity (Wildman–Crippen MR) is 93.0 cm³/mol. The molecule has 3 rings (SSSR count). The molecule has 4 nitrogen and oxygen atoms in total. The SMILES string of the molecule is CO[C@H]1CCC[C@H]1N(C)Cc1cc(C(F)(F)F)c2oc(C(C)C)nc2c1. The summed E-state index contributed by atoms with van der Waals surface area (Å²) in [7, 11) is 3.62. The monoisotopic (exact) mass is 370 g/mol. The summed E-state index contributed by atoms with van der Waals surface area (Å²) >= 11 is 0. The van der Waals surface area contributed by atoms with Gasteiger partial charge in [-0.3, -0.25) is 4.90 Å². The summed E-state index contributed by atoms with van der Waals surface area (Å²) in [6, 6.07) is 3.10. The van der Waals surface area contributed by atoms with Crippen molar-refractivity contribution in [3.8, 4) is 0 Å². The van der Waals surface area contributed by atoms with Crippen LogP contribution in [0.1, 0.15) is 56.0 Å². The third kappa shape index (κ3) is 3.74. The number of fused-ring (bicyclic) bond motifs is 1. The number of hydrogen-bond donors (Lipinski definition) is 0. The molecule has 2 atom stereocenters. The Morgan fingerprint density at radius 1 is 1.31 bits per heavy atom. The van der Waals surface area contributed by atoms with Gasteiger partial charge in [0.25, 0.3) is 0 Å². The van der Waals surface area contributed by atoms with Crippen LogP contribution in [0.4, 0.5) is 13.2 Å². The molecule has 0 amide bonds. The summed E-state index contributed by atoms with van der Waals surface area (Å²) in [5.74, 6) is 0.252. The quantitative estimate of drug-likeness (QED) is 0.745. The van der Waals surface area contributed by atoms with E-state index >= 15 is 0 Å². The van der Waals surface area contributed by atoms with Crippen LogP contribution in [-0.2, 0) is 17.5 Å². The molecule has 1 aromatic carbocycles. The zero-order valence-corrected chi connectivity index (χ0v) is 15.6. The fourth-order valence-electron chi connectivity index (χ4n) is 3.75. The number of halogens is 3. The standard InChI is InChI=1S/C19H25F3N2O2/c1-11(2)18-23-14-9-12(8-13(17(14)26-18)19(20,21)22)10-24(3)15-6-5-7-16(15)25-4/h8-9,11,15-16H,5-7,10H2,1-4H3/t15-,16+/m1/s1. The first-order valence-electron chi connectivity index (χ1n) is 8.94. The molecule has 0 spiro atoms. The Bertz CT molecular complexity index is 770. The van der Waals surface area contributed by atoms with Crippen molar-refractivity contribution < 1.29 is 22.3 Å². The van der Waals surface area contributed by atoms with Crippen molar-refractivity contribution >= 4 is 11.1 Å². The molecule has 0 bridgehead atoms. The maximum Gasteiger partial charge on any atom is 0.420 e. The minimum absolute atomic E-state index is 0.0736. The van der Waals surface area contributed by atoms with E-state index in [-0.39, 0.29) is 29.2 Å². The number of nitrogens with zero attached hydrogens (tertiary/aromatic N) is 2. The summed E-state index contributed by atoms with van der Waals surface area (Å²) in [6.45, 7) is 4.10. The van der Waals surface area contributed by atoms with Gasteiger partial charge in [-0.2, -0.15) is 13.2 Å². The molecule has 2 aromatic rings. The summed E-state index contributed by atoms with van der Waals surface area (Å²) < 4.78 is 51.6. The molecule has 1 saturated carbocycles. The van der Waals surface area contributed by atoms with Gasteiger partial charge in [-0.1, -0.05) is 13.8 Å². The molecule has 1 aliphatic carbocycles. The topological polar surface area (TPSA) is 38.5 Å². The van der Waals surface area contributed by atoms with Crippen molar-refractivity contribution in [3.05, 3.63) is 29.2 Å². The van der Waals surface area contributed by atoms with Crippen LogP contribution in [-0.4, -0.2) is 36.2 Å². The van der Waals surface area contributed by atoms with E-state index in [1.54, 1.807) is 13.2 Å². The summed E-state index contributed by atoms with van der Waals surface area (Å²) in [5.41, 5.74) is -0.0879. The number of hydrogen-bond acceptors (Lipinski definition) is 4. The highest BCUT2D eigenvalue weighted by Gasteiger charge is 2.36. The lowest BCUT2D eigenvalue weighted by Crippen LogP contribution is -2.38. The zero-order valence-electron chi connectivity index (χ0n) is 15.6. The number of likely N-dealkylation sites (N-methyl/N-ethyl adjacent to an activating group) is 1. The van der Waals surface area contributed by atoms with Crippen molar-refractivity contribution in [1.82, 2.24) is 9.88 Å². The van der Waals surface area contributed by atoms with Crippen molar-refractivity contribution in [3.63, 3.8) is 0 Å². The van der Waals surface area contributed by atoms with E-state index in [2.05, 4.69) is 9.88 Å². The Hall–Kier alpha value is -1.60. The molecular weight excluding hydrogens is 345 g/mol. The van der Waals surface area contributed by atoms with Crippen LogP contribution < -0.4 is 0 Å². The lowest BCUT2D eigenvalue weighted by molar-refractivity contribution is -0.136. The van der Waals surface area contributed by atoms with Crippen LogP contribution in [0.25, 0.3) is 11.1 Å². The highest BCUT2D eigenvalue weighted by Crippen LogP contribution is 2.37. The van der Waals surface area contributed by atoms with E-state index in [0.29, 0.717) is 18.0 Å². The predicted octanol–water partition coefficient (Wildman–Crippen LogP) is 4.97. The van der Waals surface area contributed by atoms with Crippen molar-refractivity contribution in [2.45, 2.75) is 63.9 Å². The first-order chi connectivity index (χ1) is 12.2. The largest absolute Gasteiger partial charge is 0.440 e. The van der Waals surface area contributed by atoms with E-state index in [9.17, 15) is 13.2 Å². The van der Waals surface area contributed by atoms with E-state index in [1.165, 1.54) is 6.07 Å². The Morgan fingerprint density at radius 2 is 2.04 bits per heavy atom. The summed E-state index contributed by atoms with van der Waals surface area (Å²) in [5, 5.41) is 0.